The molecule has 23 heavy (non-hydrogen) atoms. The van der Waals surface area contributed by atoms with Crippen LogP contribution < -0.4 is 5.73 Å². The van der Waals surface area contributed by atoms with E-state index in [2.05, 4.69) is 28.9 Å². The normalized spacial score (nSPS) is 18.9. The van der Waals surface area contributed by atoms with Gasteiger partial charge in [0, 0.05) is 18.0 Å². The maximum Gasteiger partial charge on any atom is 0.237 e. The highest BCUT2D eigenvalue weighted by molar-refractivity contribution is 5.74. The molecule has 0 bridgehead atoms. The molecule has 3 rings (SSSR count). The molecule has 0 saturated carbocycles. The van der Waals surface area contributed by atoms with Crippen LogP contribution in [0, 0.1) is 0 Å². The molecule has 122 valence electrons. The molecule has 0 aliphatic carbocycles. The van der Waals surface area contributed by atoms with Crippen molar-refractivity contribution < 1.29 is 4.79 Å². The van der Waals surface area contributed by atoms with Crippen LogP contribution in [0.25, 0.3) is 11.3 Å². The second kappa shape index (κ2) is 6.96. The molecule has 1 aliphatic heterocycles. The van der Waals surface area contributed by atoms with Gasteiger partial charge >= 0.3 is 0 Å². The summed E-state index contributed by atoms with van der Waals surface area (Å²) in [6, 6.07) is 10.2. The third kappa shape index (κ3) is 3.45. The summed E-state index contributed by atoms with van der Waals surface area (Å²) in [5.41, 5.74) is 8.65. The average molecular weight is 312 g/mol. The number of rotatable bonds is 5. The van der Waals surface area contributed by atoms with Crippen LogP contribution >= 0.6 is 0 Å². The second-order valence-corrected chi connectivity index (χ2v) is 6.17. The molecular weight excluding hydrogens is 288 g/mol. The SMILES string of the molecule is CCN1CCCC(c2c(-c3ccccc3)ncn2CC(N)=O)C1. The van der Waals surface area contributed by atoms with Gasteiger partial charge in [-0.25, -0.2) is 4.98 Å². The molecule has 0 spiro atoms. The number of amides is 1. The highest BCUT2D eigenvalue weighted by Gasteiger charge is 2.27. The summed E-state index contributed by atoms with van der Waals surface area (Å²) < 4.78 is 1.94. The Morgan fingerprint density at radius 1 is 1.35 bits per heavy atom. The van der Waals surface area contributed by atoms with E-state index in [0.717, 1.165) is 43.0 Å². The van der Waals surface area contributed by atoms with Crippen molar-refractivity contribution in [3.8, 4) is 11.3 Å². The van der Waals surface area contributed by atoms with Crippen LogP contribution in [0.5, 0.6) is 0 Å². The van der Waals surface area contributed by atoms with E-state index >= 15 is 0 Å². The summed E-state index contributed by atoms with van der Waals surface area (Å²) in [4.78, 5) is 18.5. The predicted octanol–water partition coefficient (Wildman–Crippen LogP) is 2.23. The number of likely N-dealkylation sites (tertiary alicyclic amines) is 1. The van der Waals surface area contributed by atoms with Gasteiger partial charge in [-0.15, -0.1) is 0 Å². The standard InChI is InChI=1S/C18H24N4O/c1-2-21-10-6-9-15(11-21)18-17(14-7-4-3-5-8-14)20-13-22(18)12-16(19)23/h3-5,7-8,13,15H,2,6,9-12H2,1H3,(H2,19,23). The van der Waals surface area contributed by atoms with Gasteiger partial charge in [0.2, 0.25) is 5.91 Å². The molecule has 5 nitrogen and oxygen atoms in total. The number of primary amides is 1. The third-order valence-corrected chi connectivity index (χ3v) is 4.59. The van der Waals surface area contributed by atoms with Gasteiger partial charge in [0.25, 0.3) is 0 Å². The first kappa shape index (κ1) is 15.7. The zero-order valence-electron chi connectivity index (χ0n) is 13.6. The number of imidazole rings is 1. The number of carbonyl (C=O) groups excluding carboxylic acids is 1. The van der Waals surface area contributed by atoms with Crippen LogP contribution in [-0.2, 0) is 11.3 Å². The Kier molecular flexibility index (Phi) is 4.76. The number of nitrogens with two attached hydrogens (primary N) is 1. The molecule has 1 atom stereocenters. The van der Waals surface area contributed by atoms with Crippen molar-refractivity contribution in [2.24, 2.45) is 5.73 Å². The van der Waals surface area contributed by atoms with Gasteiger partial charge in [0.1, 0.15) is 6.54 Å². The minimum absolute atomic E-state index is 0.192. The van der Waals surface area contributed by atoms with Gasteiger partial charge in [0.15, 0.2) is 0 Å². The fourth-order valence-electron chi connectivity index (χ4n) is 3.50. The van der Waals surface area contributed by atoms with Crippen LogP contribution in [0.4, 0.5) is 0 Å². The van der Waals surface area contributed by atoms with Crippen molar-refractivity contribution in [3.63, 3.8) is 0 Å². The van der Waals surface area contributed by atoms with Crippen LogP contribution in [0.15, 0.2) is 36.7 Å². The van der Waals surface area contributed by atoms with Crippen LogP contribution in [0.3, 0.4) is 0 Å². The second-order valence-electron chi connectivity index (χ2n) is 6.17. The lowest BCUT2D eigenvalue weighted by molar-refractivity contribution is -0.118. The number of likely N-dealkylation sites (N-methyl/N-ethyl adjacent to an activating group) is 1. The number of aromatic nitrogens is 2. The summed E-state index contributed by atoms with van der Waals surface area (Å²) in [7, 11) is 0. The van der Waals surface area contributed by atoms with Crippen LogP contribution in [0.2, 0.25) is 0 Å². The van der Waals surface area contributed by atoms with E-state index in [4.69, 9.17) is 5.73 Å². The quantitative estimate of drug-likeness (QED) is 0.921. The Morgan fingerprint density at radius 2 is 2.13 bits per heavy atom. The molecule has 5 heteroatoms. The molecular formula is C18H24N4O. The maximum absolute atomic E-state index is 11.4. The van der Waals surface area contributed by atoms with Crippen molar-refractivity contribution in [1.82, 2.24) is 14.5 Å². The zero-order valence-corrected chi connectivity index (χ0v) is 13.6. The molecule has 2 N–H and O–H groups in total. The third-order valence-electron chi connectivity index (χ3n) is 4.59. The van der Waals surface area contributed by atoms with E-state index in [1.807, 2.05) is 22.8 Å². The van der Waals surface area contributed by atoms with E-state index in [1.165, 1.54) is 6.42 Å². The smallest absolute Gasteiger partial charge is 0.237 e. The lowest BCUT2D eigenvalue weighted by Gasteiger charge is -2.32. The molecule has 2 aromatic rings. The summed E-state index contributed by atoms with van der Waals surface area (Å²) in [6.45, 7) is 5.61. The first-order chi connectivity index (χ1) is 11.2. The number of nitrogens with zero attached hydrogens (tertiary/aromatic N) is 3. The Bertz CT molecular complexity index is 665. The molecule has 1 aliphatic rings. The van der Waals surface area contributed by atoms with E-state index < -0.39 is 0 Å². The van der Waals surface area contributed by atoms with E-state index in [1.54, 1.807) is 6.33 Å². The highest BCUT2D eigenvalue weighted by Crippen LogP contribution is 2.33. The van der Waals surface area contributed by atoms with Crippen molar-refractivity contribution in [3.05, 3.63) is 42.4 Å². The minimum Gasteiger partial charge on any atom is -0.368 e. The molecule has 1 fully saturated rings. The predicted molar refractivity (Wildman–Crippen MR) is 90.9 cm³/mol. The van der Waals surface area contributed by atoms with E-state index in [-0.39, 0.29) is 12.5 Å². The van der Waals surface area contributed by atoms with Gasteiger partial charge in [0.05, 0.1) is 17.7 Å². The number of hydrogen-bond acceptors (Lipinski definition) is 3. The van der Waals surface area contributed by atoms with Crippen molar-refractivity contribution in [1.29, 1.82) is 0 Å². The zero-order chi connectivity index (χ0) is 16.2. The lowest BCUT2D eigenvalue weighted by atomic mass is 9.91. The van der Waals surface area contributed by atoms with Crippen molar-refractivity contribution in [2.75, 3.05) is 19.6 Å². The minimum atomic E-state index is -0.327. The number of benzene rings is 1. The van der Waals surface area contributed by atoms with Gasteiger partial charge in [-0.1, -0.05) is 37.3 Å². The summed E-state index contributed by atoms with van der Waals surface area (Å²) in [5.74, 6) is 0.0622. The van der Waals surface area contributed by atoms with Gasteiger partial charge in [-0.2, -0.15) is 0 Å². The molecule has 1 amide bonds. The van der Waals surface area contributed by atoms with E-state index in [0.29, 0.717) is 5.92 Å². The van der Waals surface area contributed by atoms with Crippen LogP contribution in [0.1, 0.15) is 31.4 Å². The molecule has 1 saturated heterocycles. The number of carbonyl (C=O) groups is 1. The lowest BCUT2D eigenvalue weighted by Crippen LogP contribution is -2.35. The van der Waals surface area contributed by atoms with E-state index in [9.17, 15) is 4.79 Å². The van der Waals surface area contributed by atoms with Gasteiger partial charge in [-0.3, -0.25) is 4.79 Å². The maximum atomic E-state index is 11.4. The van der Waals surface area contributed by atoms with Gasteiger partial charge in [-0.05, 0) is 25.9 Å². The molecule has 1 aromatic heterocycles. The fraction of sp³-hybridized carbons (Fsp3) is 0.444. The summed E-state index contributed by atoms with van der Waals surface area (Å²) in [6.07, 6.45) is 4.06. The van der Waals surface area contributed by atoms with Gasteiger partial charge < -0.3 is 15.2 Å². The summed E-state index contributed by atoms with van der Waals surface area (Å²) in [5, 5.41) is 0. The first-order valence-corrected chi connectivity index (χ1v) is 8.30. The monoisotopic (exact) mass is 312 g/mol. The van der Waals surface area contributed by atoms with Crippen LogP contribution in [-0.4, -0.2) is 40.0 Å². The van der Waals surface area contributed by atoms with Crippen molar-refractivity contribution in [2.45, 2.75) is 32.2 Å². The molecule has 2 heterocycles. The Morgan fingerprint density at radius 3 is 2.83 bits per heavy atom. The molecule has 0 radical (unpaired) electrons. The van der Waals surface area contributed by atoms with Crippen molar-refractivity contribution >= 4 is 5.91 Å². The number of piperidine rings is 1. The average Bonchev–Trinajstić information content (AvgIpc) is 2.98. The topological polar surface area (TPSA) is 64.2 Å². The Hall–Kier alpha value is -2.14. The molecule has 1 aromatic carbocycles. The highest BCUT2D eigenvalue weighted by atomic mass is 16.1. The fourth-order valence-corrected chi connectivity index (χ4v) is 3.50. The summed E-state index contributed by atoms with van der Waals surface area (Å²) >= 11 is 0. The Labute approximate surface area is 137 Å². The number of hydrogen-bond donors (Lipinski definition) is 1. The largest absolute Gasteiger partial charge is 0.368 e. The Balaban J connectivity index is 2.00. The first-order valence-electron chi connectivity index (χ1n) is 8.30. The molecule has 1 unspecified atom stereocenters.